The van der Waals surface area contributed by atoms with Gasteiger partial charge in [-0.1, -0.05) is 66.2 Å². The fourth-order valence-corrected chi connectivity index (χ4v) is 3.69. The lowest BCUT2D eigenvalue weighted by molar-refractivity contribution is -0.128. The highest BCUT2D eigenvalue weighted by Crippen LogP contribution is 2.16. The molecule has 0 bridgehead atoms. The van der Waals surface area contributed by atoms with Crippen LogP contribution in [0.25, 0.3) is 0 Å². The Labute approximate surface area is 209 Å². The van der Waals surface area contributed by atoms with Gasteiger partial charge in [-0.15, -0.1) is 0 Å². The van der Waals surface area contributed by atoms with Gasteiger partial charge in [0.05, 0.1) is 46.2 Å². The highest BCUT2D eigenvalue weighted by molar-refractivity contribution is 5.82. The van der Waals surface area contributed by atoms with Gasteiger partial charge in [-0.3, -0.25) is 9.59 Å². The number of hydrogen-bond donors (Lipinski definition) is 1. The maximum Gasteiger partial charge on any atom is 0.223 e. The van der Waals surface area contributed by atoms with Crippen molar-refractivity contribution in [2.24, 2.45) is 11.8 Å². The van der Waals surface area contributed by atoms with E-state index in [1.165, 1.54) is 0 Å². The molecule has 202 valence electrons. The number of Topliss-reactive ketones (excluding diaryl/α,β-unsaturated/α-hetero) is 1. The molecule has 7 nitrogen and oxygen atoms in total. The quantitative estimate of drug-likeness (QED) is 0.174. The summed E-state index contributed by atoms with van der Waals surface area (Å²) in [7, 11) is 0. The van der Waals surface area contributed by atoms with Gasteiger partial charge in [-0.2, -0.15) is 0 Å². The van der Waals surface area contributed by atoms with E-state index in [0.29, 0.717) is 52.8 Å². The average molecular weight is 488 g/mol. The van der Waals surface area contributed by atoms with Gasteiger partial charge in [0, 0.05) is 18.4 Å². The predicted molar refractivity (Wildman–Crippen MR) is 137 cm³/mol. The van der Waals surface area contributed by atoms with Crippen molar-refractivity contribution in [1.82, 2.24) is 5.32 Å². The molecule has 0 saturated heterocycles. The summed E-state index contributed by atoms with van der Waals surface area (Å²) in [5.41, 5.74) is 0. The molecule has 0 aliphatic heterocycles. The zero-order chi connectivity index (χ0) is 25.3. The van der Waals surface area contributed by atoms with Gasteiger partial charge in [0.2, 0.25) is 5.91 Å². The van der Waals surface area contributed by atoms with Crippen molar-refractivity contribution >= 4 is 11.7 Å². The molecule has 1 amide bonds. The Bertz CT molecular complexity index is 466. The van der Waals surface area contributed by atoms with Gasteiger partial charge in [0.1, 0.15) is 6.61 Å². The number of carbonyl (C=O) groups excluding carboxylic acids is 2. The van der Waals surface area contributed by atoms with Crippen molar-refractivity contribution in [1.29, 1.82) is 0 Å². The van der Waals surface area contributed by atoms with Crippen molar-refractivity contribution in [3.8, 4) is 0 Å². The maximum absolute atomic E-state index is 12.3. The lowest BCUT2D eigenvalue weighted by atomic mass is 9.95. The molecule has 7 heteroatoms. The molecule has 34 heavy (non-hydrogen) atoms. The molecule has 0 aliphatic carbocycles. The van der Waals surface area contributed by atoms with Crippen LogP contribution in [-0.4, -0.2) is 71.1 Å². The normalized spacial score (nSPS) is 12.3. The highest BCUT2D eigenvalue weighted by Gasteiger charge is 2.17. The van der Waals surface area contributed by atoms with Crippen LogP contribution in [0.4, 0.5) is 0 Å². The first kappa shape index (κ1) is 33.0. The third-order valence-corrected chi connectivity index (χ3v) is 5.94. The Balaban J connectivity index is 3.53. The molecule has 0 saturated carbocycles. The predicted octanol–water partition coefficient (Wildman–Crippen LogP) is 4.95. The summed E-state index contributed by atoms with van der Waals surface area (Å²) < 4.78 is 21.9. The van der Waals surface area contributed by atoms with Gasteiger partial charge in [-0.25, -0.2) is 0 Å². The molecule has 0 aromatic rings. The van der Waals surface area contributed by atoms with Gasteiger partial charge in [-0.05, 0) is 25.7 Å². The second-order valence-electron chi connectivity index (χ2n) is 8.88. The van der Waals surface area contributed by atoms with Crippen molar-refractivity contribution in [2.75, 3.05) is 59.4 Å². The smallest absolute Gasteiger partial charge is 0.223 e. The molecule has 0 aromatic heterocycles. The molecule has 1 N–H and O–H groups in total. The van der Waals surface area contributed by atoms with Crippen LogP contribution in [0.5, 0.6) is 0 Å². The number of unbranched alkanes of at least 4 members (excludes halogenated alkanes) is 3. The number of ketones is 1. The second kappa shape index (κ2) is 25.1. The summed E-state index contributed by atoms with van der Waals surface area (Å²) in [5.74, 6) is 0.620. The van der Waals surface area contributed by atoms with E-state index < -0.39 is 0 Å². The minimum absolute atomic E-state index is 0.126. The third kappa shape index (κ3) is 19.3. The van der Waals surface area contributed by atoms with E-state index in [9.17, 15) is 9.59 Å². The van der Waals surface area contributed by atoms with Crippen LogP contribution in [0, 0.1) is 11.8 Å². The molecule has 0 spiro atoms. The van der Waals surface area contributed by atoms with Crippen LogP contribution >= 0.6 is 0 Å². The molecule has 0 radical (unpaired) electrons. The first-order chi connectivity index (χ1) is 16.6. The molecular weight excluding hydrogens is 434 g/mol. The van der Waals surface area contributed by atoms with Crippen LogP contribution in [-0.2, 0) is 28.5 Å². The molecule has 0 aliphatic rings. The van der Waals surface area contributed by atoms with E-state index >= 15 is 0 Å². The zero-order valence-corrected chi connectivity index (χ0v) is 22.5. The molecular formula is C27H53NO6. The molecule has 0 aromatic carbocycles. The van der Waals surface area contributed by atoms with Crippen molar-refractivity contribution in [3.63, 3.8) is 0 Å². The Kier molecular flexibility index (Phi) is 24.3. The Hall–Kier alpha value is -1.02. The molecule has 0 heterocycles. The number of ether oxygens (including phenoxy) is 4. The topological polar surface area (TPSA) is 83.1 Å². The van der Waals surface area contributed by atoms with E-state index in [0.717, 1.165) is 64.2 Å². The SMILES string of the molecule is CCCCC(CC)C(=O)COCCOCCOCCOCCNC(=O)C(CCCC)CCCC. The van der Waals surface area contributed by atoms with Crippen molar-refractivity contribution in [3.05, 3.63) is 0 Å². The Morgan fingerprint density at radius 3 is 1.53 bits per heavy atom. The van der Waals surface area contributed by atoms with E-state index in [1.807, 2.05) is 0 Å². The number of nitrogens with one attached hydrogen (secondary N) is 1. The van der Waals surface area contributed by atoms with E-state index in [4.69, 9.17) is 18.9 Å². The molecule has 1 atom stereocenters. The van der Waals surface area contributed by atoms with Gasteiger partial charge < -0.3 is 24.3 Å². The van der Waals surface area contributed by atoms with Gasteiger partial charge in [0.15, 0.2) is 5.78 Å². The van der Waals surface area contributed by atoms with E-state index in [1.54, 1.807) is 0 Å². The number of rotatable bonds is 26. The van der Waals surface area contributed by atoms with E-state index in [2.05, 4.69) is 33.0 Å². The summed E-state index contributed by atoms with van der Waals surface area (Å²) in [4.78, 5) is 24.4. The number of carbonyl (C=O) groups is 2. The molecule has 0 fully saturated rings. The maximum atomic E-state index is 12.3. The fourth-order valence-electron chi connectivity index (χ4n) is 3.69. The standard InChI is InChI=1S/C27H53NO6/c1-5-9-12-24(8-4)26(29)23-34-22-21-33-20-19-32-18-17-31-16-15-28-27(30)25(13-10-6-2)14-11-7-3/h24-25H,5-23H2,1-4H3,(H,28,30). The molecule has 0 rings (SSSR count). The van der Waals surface area contributed by atoms with Crippen LogP contribution in [0.1, 0.15) is 91.9 Å². The largest absolute Gasteiger partial charge is 0.377 e. The van der Waals surface area contributed by atoms with Crippen molar-refractivity contribution < 1.29 is 28.5 Å². The van der Waals surface area contributed by atoms with Gasteiger partial charge >= 0.3 is 0 Å². The molecule has 1 unspecified atom stereocenters. The zero-order valence-electron chi connectivity index (χ0n) is 22.5. The lowest BCUT2D eigenvalue weighted by Gasteiger charge is -2.16. The van der Waals surface area contributed by atoms with Crippen LogP contribution in [0.2, 0.25) is 0 Å². The highest BCUT2D eigenvalue weighted by atomic mass is 16.6. The van der Waals surface area contributed by atoms with Crippen LogP contribution < -0.4 is 5.32 Å². The van der Waals surface area contributed by atoms with Crippen LogP contribution in [0.3, 0.4) is 0 Å². The first-order valence-corrected chi connectivity index (χ1v) is 13.7. The van der Waals surface area contributed by atoms with Crippen molar-refractivity contribution in [2.45, 2.75) is 91.9 Å². The lowest BCUT2D eigenvalue weighted by Crippen LogP contribution is -2.33. The van der Waals surface area contributed by atoms with E-state index in [-0.39, 0.29) is 30.1 Å². The second-order valence-corrected chi connectivity index (χ2v) is 8.88. The summed E-state index contributed by atoms with van der Waals surface area (Å²) in [6.07, 6.45) is 10.4. The summed E-state index contributed by atoms with van der Waals surface area (Å²) in [6, 6.07) is 0. The fraction of sp³-hybridized carbons (Fsp3) is 0.926. The monoisotopic (exact) mass is 487 g/mol. The Morgan fingerprint density at radius 1 is 0.618 bits per heavy atom. The average Bonchev–Trinajstić information content (AvgIpc) is 2.84. The van der Waals surface area contributed by atoms with Crippen LogP contribution in [0.15, 0.2) is 0 Å². The number of hydrogen-bond acceptors (Lipinski definition) is 6. The summed E-state index contributed by atoms with van der Waals surface area (Å²) >= 11 is 0. The summed E-state index contributed by atoms with van der Waals surface area (Å²) in [6.45, 7) is 12.6. The third-order valence-electron chi connectivity index (χ3n) is 5.94. The first-order valence-electron chi connectivity index (χ1n) is 13.7. The van der Waals surface area contributed by atoms with Gasteiger partial charge in [0.25, 0.3) is 0 Å². The summed E-state index contributed by atoms with van der Waals surface area (Å²) in [5, 5.41) is 3.00. The minimum Gasteiger partial charge on any atom is -0.377 e. The minimum atomic E-state index is 0.126. The number of amides is 1. The Morgan fingerprint density at radius 2 is 1.06 bits per heavy atom.